The Morgan fingerprint density at radius 1 is 0.920 bits per heavy atom. The van der Waals surface area contributed by atoms with Crippen molar-refractivity contribution in [2.24, 2.45) is 5.92 Å². The number of hydrogen-bond acceptors (Lipinski definition) is 5. The van der Waals surface area contributed by atoms with Crippen LogP contribution in [0.5, 0.6) is 0 Å². The lowest BCUT2D eigenvalue weighted by Gasteiger charge is -2.23. The number of H-pyrrole nitrogens is 2. The molecule has 0 aromatic carbocycles. The van der Waals surface area contributed by atoms with E-state index in [0.29, 0.717) is 5.69 Å². The number of aromatic amines is 2. The maximum atomic E-state index is 12.7. The first-order valence-corrected chi connectivity index (χ1v) is 8.16. The minimum atomic E-state index is -1.43. The summed E-state index contributed by atoms with van der Waals surface area (Å²) in [6.07, 6.45) is -2.08. The molecule has 0 spiro atoms. The molecular weight excluding hydrogens is 324 g/mol. The molecule has 0 fully saturated rings. The highest BCUT2D eigenvalue weighted by Gasteiger charge is 2.37. The molecule has 134 valence electrons. The number of carbonyl (C=O) groups excluding carboxylic acids is 2. The van der Waals surface area contributed by atoms with Gasteiger partial charge >= 0.3 is 0 Å². The fourth-order valence-electron chi connectivity index (χ4n) is 2.98. The van der Waals surface area contributed by atoms with E-state index in [0.717, 1.165) is 0 Å². The van der Waals surface area contributed by atoms with E-state index in [-0.39, 0.29) is 34.1 Å². The molecule has 1 aliphatic carbocycles. The smallest absolute Gasteiger partial charge is 0.212 e. The van der Waals surface area contributed by atoms with Crippen molar-refractivity contribution >= 4 is 11.6 Å². The van der Waals surface area contributed by atoms with E-state index >= 15 is 0 Å². The third-order valence-electron chi connectivity index (χ3n) is 4.53. The van der Waals surface area contributed by atoms with E-state index in [1.165, 1.54) is 26.0 Å². The SMILES string of the molecule is CC(C)[C@@H](O)c1cc2c([nH]1)C(=O)c1cc([C@H](O)C(C)(C)O)[nH]c1C2=O. The summed E-state index contributed by atoms with van der Waals surface area (Å²) in [5.74, 6) is -0.855. The first kappa shape index (κ1) is 17.6. The van der Waals surface area contributed by atoms with Gasteiger partial charge in [0.05, 0.1) is 34.2 Å². The molecule has 1 aliphatic rings. The predicted molar refractivity (Wildman–Crippen MR) is 89.5 cm³/mol. The van der Waals surface area contributed by atoms with Crippen molar-refractivity contribution in [1.82, 2.24) is 9.97 Å². The standard InChI is InChI=1S/C18H22N2O5/c1-7(2)14(21)10-5-8-12(19-10)16(23)9-6-11(17(24)18(3,4)25)20-13(9)15(8)22/h5-7,14,17,19-21,24-25H,1-4H3/t14-,17+/m1/s1. The van der Waals surface area contributed by atoms with E-state index in [4.69, 9.17) is 0 Å². The van der Waals surface area contributed by atoms with Gasteiger partial charge in [-0.3, -0.25) is 9.59 Å². The molecule has 2 heterocycles. The molecule has 7 nitrogen and oxygen atoms in total. The van der Waals surface area contributed by atoms with Gasteiger partial charge in [-0.15, -0.1) is 0 Å². The number of fused-ring (bicyclic) bond motifs is 2. The molecule has 2 aromatic heterocycles. The van der Waals surface area contributed by atoms with Crippen molar-refractivity contribution in [1.29, 1.82) is 0 Å². The normalized spacial score (nSPS) is 16.8. The first-order chi connectivity index (χ1) is 11.5. The highest BCUT2D eigenvalue weighted by Crippen LogP contribution is 2.33. The van der Waals surface area contributed by atoms with E-state index in [9.17, 15) is 24.9 Å². The third kappa shape index (κ3) is 2.74. The summed E-state index contributed by atoms with van der Waals surface area (Å²) in [7, 11) is 0. The van der Waals surface area contributed by atoms with Crippen LogP contribution in [0.3, 0.4) is 0 Å². The van der Waals surface area contributed by atoms with E-state index < -0.39 is 29.4 Å². The van der Waals surface area contributed by atoms with Crippen LogP contribution in [-0.2, 0) is 0 Å². The Kier molecular flexibility index (Phi) is 3.98. The van der Waals surface area contributed by atoms with Crippen LogP contribution in [-0.4, -0.2) is 42.5 Å². The van der Waals surface area contributed by atoms with Crippen LogP contribution in [0.1, 0.15) is 83.4 Å². The van der Waals surface area contributed by atoms with Crippen LogP contribution in [0, 0.1) is 5.92 Å². The molecule has 0 radical (unpaired) electrons. The molecule has 3 rings (SSSR count). The van der Waals surface area contributed by atoms with Crippen LogP contribution in [0.25, 0.3) is 0 Å². The highest BCUT2D eigenvalue weighted by atomic mass is 16.3. The molecule has 25 heavy (non-hydrogen) atoms. The number of hydrogen-bond donors (Lipinski definition) is 5. The van der Waals surface area contributed by atoms with Gasteiger partial charge in [0.1, 0.15) is 6.10 Å². The molecule has 5 N–H and O–H groups in total. The largest absolute Gasteiger partial charge is 0.387 e. The Morgan fingerprint density at radius 3 is 1.80 bits per heavy atom. The molecule has 2 atom stereocenters. The lowest BCUT2D eigenvalue weighted by atomic mass is 9.93. The lowest BCUT2D eigenvalue weighted by Crippen LogP contribution is -2.28. The average molecular weight is 346 g/mol. The van der Waals surface area contributed by atoms with E-state index in [2.05, 4.69) is 9.97 Å². The van der Waals surface area contributed by atoms with Crippen molar-refractivity contribution in [3.63, 3.8) is 0 Å². The molecule has 0 saturated carbocycles. The Morgan fingerprint density at radius 2 is 1.36 bits per heavy atom. The van der Waals surface area contributed by atoms with E-state index in [1.807, 2.05) is 13.8 Å². The van der Waals surface area contributed by atoms with Gasteiger partial charge in [-0.2, -0.15) is 0 Å². The van der Waals surface area contributed by atoms with Crippen LogP contribution in [0.4, 0.5) is 0 Å². The summed E-state index contributed by atoms with van der Waals surface area (Å²) in [6.45, 7) is 6.54. The van der Waals surface area contributed by atoms with Crippen LogP contribution in [0.15, 0.2) is 12.1 Å². The zero-order valence-corrected chi connectivity index (χ0v) is 14.5. The predicted octanol–water partition coefficient (Wildman–Crippen LogP) is 1.61. The minimum Gasteiger partial charge on any atom is -0.387 e. The van der Waals surface area contributed by atoms with Gasteiger partial charge < -0.3 is 25.3 Å². The van der Waals surface area contributed by atoms with Gasteiger partial charge in [0.2, 0.25) is 11.6 Å². The van der Waals surface area contributed by atoms with Gasteiger partial charge in [0, 0.05) is 11.4 Å². The van der Waals surface area contributed by atoms with Crippen LogP contribution >= 0.6 is 0 Å². The Bertz CT molecular complexity index is 802. The molecule has 0 saturated heterocycles. The Hall–Kier alpha value is -2.22. The van der Waals surface area contributed by atoms with Crippen molar-refractivity contribution in [3.05, 3.63) is 46.0 Å². The molecule has 0 amide bonds. The number of rotatable bonds is 4. The second-order valence-corrected chi connectivity index (χ2v) is 7.43. The summed E-state index contributed by atoms with van der Waals surface area (Å²) in [5, 5.41) is 30.3. The minimum absolute atomic E-state index is 0.0725. The summed E-state index contributed by atoms with van der Waals surface area (Å²) in [6, 6.07) is 2.89. The quantitative estimate of drug-likeness (QED) is 0.490. The zero-order valence-electron chi connectivity index (χ0n) is 14.5. The van der Waals surface area contributed by atoms with Gasteiger partial charge in [-0.1, -0.05) is 13.8 Å². The van der Waals surface area contributed by atoms with Gasteiger partial charge in [0.25, 0.3) is 0 Å². The Labute approximate surface area is 144 Å². The average Bonchev–Trinajstić information content (AvgIpc) is 3.15. The van der Waals surface area contributed by atoms with Gasteiger partial charge in [-0.25, -0.2) is 0 Å². The van der Waals surface area contributed by atoms with Crippen LogP contribution < -0.4 is 0 Å². The van der Waals surface area contributed by atoms with Gasteiger partial charge in [-0.05, 0) is 31.9 Å². The summed E-state index contributed by atoms with van der Waals surface area (Å²) >= 11 is 0. The van der Waals surface area contributed by atoms with Crippen molar-refractivity contribution in [2.45, 2.75) is 45.5 Å². The third-order valence-corrected chi connectivity index (χ3v) is 4.53. The second kappa shape index (κ2) is 5.66. The lowest BCUT2D eigenvalue weighted by molar-refractivity contribution is -0.0515. The monoisotopic (exact) mass is 346 g/mol. The summed E-state index contributed by atoms with van der Waals surface area (Å²) in [4.78, 5) is 31.1. The van der Waals surface area contributed by atoms with Crippen molar-refractivity contribution in [3.8, 4) is 0 Å². The molecule has 0 aliphatic heterocycles. The molecule has 0 bridgehead atoms. The number of aliphatic hydroxyl groups is 3. The summed E-state index contributed by atoms with van der Waals surface area (Å²) in [5.41, 5.74) is -0.254. The molecular formula is C18H22N2O5. The highest BCUT2D eigenvalue weighted by molar-refractivity contribution is 6.27. The van der Waals surface area contributed by atoms with Crippen LogP contribution in [0.2, 0.25) is 0 Å². The number of nitrogens with one attached hydrogen (secondary N) is 2. The van der Waals surface area contributed by atoms with Gasteiger partial charge in [0.15, 0.2) is 0 Å². The maximum absolute atomic E-state index is 12.7. The molecule has 7 heteroatoms. The first-order valence-electron chi connectivity index (χ1n) is 8.16. The van der Waals surface area contributed by atoms with E-state index in [1.54, 1.807) is 0 Å². The zero-order chi connectivity index (χ0) is 18.7. The number of aliphatic hydroxyl groups excluding tert-OH is 2. The molecule has 2 aromatic rings. The number of ketones is 2. The van der Waals surface area contributed by atoms with Crippen molar-refractivity contribution < 1.29 is 24.9 Å². The number of aromatic nitrogens is 2. The fourth-order valence-corrected chi connectivity index (χ4v) is 2.98. The van der Waals surface area contributed by atoms with Crippen molar-refractivity contribution in [2.75, 3.05) is 0 Å². The number of carbonyl (C=O) groups is 2. The fraction of sp³-hybridized carbons (Fsp3) is 0.444. The molecule has 0 unspecified atom stereocenters. The topological polar surface area (TPSA) is 126 Å². The Balaban J connectivity index is 2.05. The maximum Gasteiger partial charge on any atom is 0.212 e. The summed E-state index contributed by atoms with van der Waals surface area (Å²) < 4.78 is 0. The second-order valence-electron chi connectivity index (χ2n) is 7.43.